The van der Waals surface area contributed by atoms with E-state index in [0.29, 0.717) is 99.0 Å². The van der Waals surface area contributed by atoms with Crippen LogP contribution in [-0.2, 0) is 41.1 Å². The molecule has 1 aromatic heterocycles. The van der Waals surface area contributed by atoms with Crippen LogP contribution in [0.4, 0.5) is 10.5 Å². The molecule has 7 N–H and O–H groups in total. The zero-order valence-corrected chi connectivity index (χ0v) is 41.0. The summed E-state index contributed by atoms with van der Waals surface area (Å²) in [7, 11) is 7.46. The number of aliphatic hydroxyl groups excluding tert-OH is 1. The van der Waals surface area contributed by atoms with Crippen LogP contribution < -0.4 is 20.5 Å². The average molecular weight is 977 g/mol. The van der Waals surface area contributed by atoms with E-state index in [9.17, 15) is 29.7 Å². The van der Waals surface area contributed by atoms with Crippen LogP contribution in [0.15, 0.2) is 48.6 Å². The van der Waals surface area contributed by atoms with Crippen molar-refractivity contribution in [2.75, 3.05) is 77.0 Å². The number of esters is 1. The number of carboxylic acids is 1. The minimum absolute atomic E-state index is 0.00943. The number of aliphatic hydroxyl groups is 3. The summed E-state index contributed by atoms with van der Waals surface area (Å²) in [5.74, 6) is -1.38. The molecule has 10 atom stereocenters. The molecule has 368 valence electrons. The molecule has 1 aliphatic carbocycles. The van der Waals surface area contributed by atoms with Gasteiger partial charge in [0.05, 0.1) is 32.3 Å². The summed E-state index contributed by atoms with van der Waals surface area (Å²) in [6.07, 6.45) is 4.09. The quantitative estimate of drug-likeness (QED) is 0.0425. The number of amides is 2. The zero-order chi connectivity index (χ0) is 48.4. The van der Waals surface area contributed by atoms with Crippen molar-refractivity contribution in [2.24, 2.45) is 11.3 Å². The fourth-order valence-electron chi connectivity index (χ4n) is 13.7. The normalized spacial score (nSPS) is 33.5. The first-order valence-corrected chi connectivity index (χ1v) is 26.2. The van der Waals surface area contributed by atoms with Crippen LogP contribution in [0.5, 0.6) is 5.75 Å². The van der Waals surface area contributed by atoms with Gasteiger partial charge in [-0.15, -0.1) is 0 Å². The molecular formula is C49H64N6O11S2. The number of fused-ring (bicyclic) bond motifs is 6. The molecule has 2 aromatic carbocycles. The zero-order valence-electron chi connectivity index (χ0n) is 39.3. The Labute approximate surface area is 404 Å². The number of nitrogens with zero attached hydrogens (tertiary/aromatic N) is 3. The number of H-pyrrole nitrogens is 1. The van der Waals surface area contributed by atoms with Crippen molar-refractivity contribution in [3.63, 3.8) is 0 Å². The molecule has 3 fully saturated rings. The number of rotatable bonds is 13. The third-order valence-corrected chi connectivity index (χ3v) is 18.7. The summed E-state index contributed by atoms with van der Waals surface area (Å²) in [5.41, 5.74) is 2.12. The topological polar surface area (TPSA) is 226 Å². The molecule has 9 rings (SSSR count). The number of carbonyl (C=O) groups excluding carboxylic acids is 3. The largest absolute Gasteiger partial charge is 0.496 e. The Kier molecular flexibility index (Phi) is 13.1. The fraction of sp³-hybridized carbons (Fsp3) is 0.592. The van der Waals surface area contributed by atoms with Crippen LogP contribution in [0.1, 0.15) is 74.8 Å². The second kappa shape index (κ2) is 18.4. The molecule has 1 saturated carbocycles. The van der Waals surface area contributed by atoms with Gasteiger partial charge in [-0.1, -0.05) is 65.8 Å². The van der Waals surface area contributed by atoms with Gasteiger partial charge >= 0.3 is 18.0 Å². The lowest BCUT2D eigenvalue weighted by Gasteiger charge is -2.63. The van der Waals surface area contributed by atoms with Crippen LogP contribution in [-0.4, -0.2) is 161 Å². The van der Waals surface area contributed by atoms with Gasteiger partial charge in [-0.2, -0.15) is 0 Å². The highest BCUT2D eigenvalue weighted by molar-refractivity contribution is 8.76. The number of aromatic nitrogens is 1. The number of hydrazine groups is 1. The maximum Gasteiger partial charge on any atom is 0.426 e. The van der Waals surface area contributed by atoms with Crippen LogP contribution in [0, 0.1) is 11.3 Å². The number of carboxylic acid groups (broad SMARTS) is 1. The van der Waals surface area contributed by atoms with Gasteiger partial charge < -0.3 is 44.5 Å². The highest BCUT2D eigenvalue weighted by Crippen LogP contribution is 2.67. The lowest BCUT2D eigenvalue weighted by molar-refractivity contribution is -0.204. The number of hydrogen-bond donors (Lipinski definition) is 7. The maximum absolute atomic E-state index is 15.4. The number of anilines is 1. The van der Waals surface area contributed by atoms with Crippen LogP contribution >= 0.6 is 21.6 Å². The van der Waals surface area contributed by atoms with Crippen molar-refractivity contribution in [1.82, 2.24) is 25.6 Å². The summed E-state index contributed by atoms with van der Waals surface area (Å²) in [6.45, 7) is 6.97. The fourth-order valence-corrected chi connectivity index (χ4v) is 15.5. The lowest BCUT2D eigenvalue weighted by atomic mass is 9.47. The number of carbonyl (C=O) groups is 4. The minimum Gasteiger partial charge on any atom is -0.496 e. The summed E-state index contributed by atoms with van der Waals surface area (Å²) in [4.78, 5) is 64.3. The van der Waals surface area contributed by atoms with Gasteiger partial charge in [0.1, 0.15) is 23.9 Å². The van der Waals surface area contributed by atoms with Crippen molar-refractivity contribution in [2.45, 2.75) is 99.0 Å². The number of aromatic amines is 1. The Morgan fingerprint density at radius 3 is 2.49 bits per heavy atom. The molecule has 2 bridgehead atoms. The second-order valence-corrected chi connectivity index (χ2v) is 22.3. The lowest BCUT2D eigenvalue weighted by Crippen LogP contribution is -2.82. The van der Waals surface area contributed by atoms with Gasteiger partial charge in [0.15, 0.2) is 5.60 Å². The molecule has 5 aliphatic heterocycles. The van der Waals surface area contributed by atoms with Gasteiger partial charge in [0.2, 0.25) is 0 Å². The van der Waals surface area contributed by atoms with Crippen LogP contribution in [0.3, 0.4) is 0 Å². The van der Waals surface area contributed by atoms with Crippen LogP contribution in [0.25, 0.3) is 10.9 Å². The maximum atomic E-state index is 15.4. The van der Waals surface area contributed by atoms with Gasteiger partial charge in [0, 0.05) is 95.5 Å². The van der Waals surface area contributed by atoms with Gasteiger partial charge in [-0.3, -0.25) is 29.6 Å². The van der Waals surface area contributed by atoms with Crippen molar-refractivity contribution in [1.29, 1.82) is 0 Å². The first kappa shape index (κ1) is 48.5. The van der Waals surface area contributed by atoms with E-state index in [4.69, 9.17) is 19.3 Å². The number of piperidine rings is 1. The SMILES string of the molecule is CC[C@]1(O)C[C@H]2CN(CCc3c([nH]c4ccccc34)[C@@](C(=O)OC)(c3cc4c(cc3OC)N(C)[C@H]3[C@@](O)(C(=O)NNC(=O)OCCSSCCC(=O)O)[C@H](O)[C@]5(CC)C=CCN6CC[C@]43[C@@H]65)C2)C1. The molecule has 6 heterocycles. The molecule has 0 radical (unpaired) electrons. The summed E-state index contributed by atoms with van der Waals surface area (Å²) in [6, 6.07) is 10.5. The molecule has 2 amide bonds. The first-order valence-electron chi connectivity index (χ1n) is 23.7. The number of likely N-dealkylation sites (N-methyl/N-ethyl adjacent to an activating group) is 1. The standard InChI is InChI=1S/C49H64N6O11S2/c1-6-45(62)25-29-26-48(43(60)65-5,38-31(13-18-54(27-29)28-45)30-11-8-9-12-34(30)50-38)33-23-32-35(24-36(33)64-4)53(3)40-47(32)16-19-55-17-10-15-46(7-2,39(47)55)41(58)49(40,63)42(59)51-52-44(61)66-20-22-68-67-21-14-37(56)57/h8-12,15,23-24,29,39-41,50,58,62-63H,6-7,13-14,16-22,25-28H2,1-5H3,(H,51,59)(H,52,61)(H,56,57)/t29-,39+,40-,41-,45+,46-,47-,48+,49+/m1/s1. The van der Waals surface area contributed by atoms with E-state index in [0.717, 1.165) is 22.0 Å². The molecule has 19 heteroatoms. The van der Waals surface area contributed by atoms with Crippen molar-refractivity contribution < 1.29 is 53.8 Å². The van der Waals surface area contributed by atoms with Gasteiger partial charge in [0.25, 0.3) is 5.91 Å². The predicted molar refractivity (Wildman–Crippen MR) is 259 cm³/mol. The van der Waals surface area contributed by atoms with E-state index in [1.165, 1.54) is 28.7 Å². The highest BCUT2D eigenvalue weighted by Gasteiger charge is 2.79. The third-order valence-electron chi connectivity index (χ3n) is 16.4. The van der Waals surface area contributed by atoms with Crippen LogP contribution in [0.2, 0.25) is 0 Å². The first-order chi connectivity index (χ1) is 32.6. The Morgan fingerprint density at radius 2 is 1.75 bits per heavy atom. The molecule has 17 nitrogen and oxygen atoms in total. The highest BCUT2D eigenvalue weighted by atomic mass is 33.1. The summed E-state index contributed by atoms with van der Waals surface area (Å²) >= 11 is 0. The number of hydrogen-bond acceptors (Lipinski definition) is 15. The second-order valence-electron chi connectivity index (χ2n) is 19.6. The average Bonchev–Trinajstić information content (AvgIpc) is 4.00. The number of para-hydroxylation sites is 1. The number of ether oxygens (including phenoxy) is 3. The molecule has 1 unspecified atom stereocenters. The monoisotopic (exact) mass is 976 g/mol. The molecule has 1 spiro atoms. The molecule has 6 aliphatic rings. The van der Waals surface area contributed by atoms with E-state index in [2.05, 4.69) is 31.7 Å². The van der Waals surface area contributed by atoms with E-state index in [-0.39, 0.29) is 25.4 Å². The van der Waals surface area contributed by atoms with E-state index < -0.39 is 69.6 Å². The van der Waals surface area contributed by atoms with Gasteiger partial charge in [-0.25, -0.2) is 10.2 Å². The smallest absolute Gasteiger partial charge is 0.426 e. The molecule has 3 aromatic rings. The molecular weight excluding hydrogens is 913 g/mol. The van der Waals surface area contributed by atoms with E-state index in [1.807, 2.05) is 61.2 Å². The number of benzene rings is 2. The summed E-state index contributed by atoms with van der Waals surface area (Å²) < 4.78 is 17.6. The van der Waals surface area contributed by atoms with E-state index >= 15 is 4.79 Å². The Bertz CT molecular complexity index is 2510. The minimum atomic E-state index is -2.53. The van der Waals surface area contributed by atoms with Crippen molar-refractivity contribution >= 4 is 62.1 Å². The third kappa shape index (κ3) is 7.39. The Morgan fingerprint density at radius 1 is 0.971 bits per heavy atom. The number of methoxy groups -OCH3 is 2. The predicted octanol–water partition coefficient (Wildman–Crippen LogP) is 3.86. The number of aliphatic carboxylic acids is 1. The molecule has 68 heavy (non-hydrogen) atoms. The van der Waals surface area contributed by atoms with E-state index in [1.54, 1.807) is 14.2 Å². The Hall–Kier alpha value is -4.50. The summed E-state index contributed by atoms with van der Waals surface area (Å²) in [5, 5.41) is 48.1. The van der Waals surface area contributed by atoms with Crippen molar-refractivity contribution in [3.05, 3.63) is 70.9 Å². The van der Waals surface area contributed by atoms with Gasteiger partial charge in [-0.05, 0) is 74.2 Å². The Balaban J connectivity index is 1.18. The van der Waals surface area contributed by atoms with Crippen molar-refractivity contribution in [3.8, 4) is 5.75 Å². The number of nitrogens with one attached hydrogen (secondary N) is 3. The molecule has 2 saturated heterocycles.